The maximum atomic E-state index is 12.8. The Bertz CT molecular complexity index is 530. The van der Waals surface area contributed by atoms with Crippen LogP contribution in [0.1, 0.15) is 71.2 Å². The number of hydrogen-bond donors (Lipinski definition) is 1. The predicted molar refractivity (Wildman–Crippen MR) is 77.8 cm³/mol. The van der Waals surface area contributed by atoms with E-state index in [1.165, 1.54) is 36.1 Å². The molecule has 2 unspecified atom stereocenters. The molecule has 1 saturated carbocycles. The second-order valence-corrected chi connectivity index (χ2v) is 7.26. The summed E-state index contributed by atoms with van der Waals surface area (Å²) in [5.41, 5.74) is 8.41. The maximum Gasteiger partial charge on any atom is 0.257 e. The molecule has 3 aliphatic rings. The van der Waals surface area contributed by atoms with E-state index in [1.807, 2.05) is 4.90 Å². The molecule has 0 radical (unpaired) electrons. The Morgan fingerprint density at radius 2 is 1.89 bits per heavy atom. The Hall–Kier alpha value is -1.03. The fraction of sp³-hybridized carbons (Fsp3) is 0.667. The van der Waals surface area contributed by atoms with Crippen molar-refractivity contribution in [3.05, 3.63) is 16.0 Å². The van der Waals surface area contributed by atoms with E-state index < -0.39 is 0 Å². The highest BCUT2D eigenvalue weighted by Crippen LogP contribution is 2.58. The lowest BCUT2D eigenvalue weighted by molar-refractivity contribution is 0.0724. The van der Waals surface area contributed by atoms with Crippen molar-refractivity contribution in [3.8, 4) is 0 Å². The highest BCUT2D eigenvalue weighted by atomic mass is 32.1. The van der Waals surface area contributed by atoms with Gasteiger partial charge in [0, 0.05) is 18.0 Å². The number of nitrogen functional groups attached to an aromatic ring is 1. The summed E-state index contributed by atoms with van der Waals surface area (Å²) in [6.45, 7) is 1.83. The summed E-state index contributed by atoms with van der Waals surface area (Å²) in [5, 5.41) is 0.775. The van der Waals surface area contributed by atoms with E-state index in [0.29, 0.717) is 11.8 Å². The number of anilines is 1. The minimum Gasteiger partial charge on any atom is -0.390 e. The number of nitrogens with zero attached hydrogens (tertiary/aromatic N) is 1. The standard InChI is InChI=1S/C15H20N2OS/c16-14-12(15(18)17-6-2-1-3-7-17)11-9-4-5-10(8-9)13(11)19-14/h9-10H,1-8,16H2. The van der Waals surface area contributed by atoms with Gasteiger partial charge in [-0.15, -0.1) is 11.3 Å². The van der Waals surface area contributed by atoms with Crippen LogP contribution >= 0.6 is 11.3 Å². The van der Waals surface area contributed by atoms with Crippen LogP contribution in [0, 0.1) is 0 Å². The van der Waals surface area contributed by atoms with Gasteiger partial charge in [-0.2, -0.15) is 0 Å². The summed E-state index contributed by atoms with van der Waals surface area (Å²) in [6, 6.07) is 0. The largest absolute Gasteiger partial charge is 0.390 e. The fourth-order valence-electron chi connectivity index (χ4n) is 4.15. The Morgan fingerprint density at radius 3 is 2.68 bits per heavy atom. The maximum absolute atomic E-state index is 12.8. The number of thiophene rings is 1. The molecule has 102 valence electrons. The van der Waals surface area contributed by atoms with Crippen LogP contribution in [0.3, 0.4) is 0 Å². The van der Waals surface area contributed by atoms with Gasteiger partial charge in [-0.25, -0.2) is 0 Å². The van der Waals surface area contributed by atoms with Crippen LogP contribution in [0.2, 0.25) is 0 Å². The van der Waals surface area contributed by atoms with Gasteiger partial charge in [-0.05, 0) is 55.9 Å². The van der Waals surface area contributed by atoms with Crippen LogP contribution in [-0.4, -0.2) is 23.9 Å². The Kier molecular flexibility index (Phi) is 2.62. The fourth-order valence-corrected chi connectivity index (χ4v) is 5.44. The van der Waals surface area contributed by atoms with Crippen molar-refractivity contribution in [3.63, 3.8) is 0 Å². The molecular weight excluding hydrogens is 256 g/mol. The summed E-state index contributed by atoms with van der Waals surface area (Å²) in [5.74, 6) is 1.54. The van der Waals surface area contributed by atoms with Gasteiger partial charge in [0.2, 0.25) is 0 Å². The van der Waals surface area contributed by atoms with Gasteiger partial charge in [0.25, 0.3) is 5.91 Å². The van der Waals surface area contributed by atoms with E-state index >= 15 is 0 Å². The van der Waals surface area contributed by atoms with Crippen molar-refractivity contribution >= 4 is 22.2 Å². The summed E-state index contributed by atoms with van der Waals surface area (Å²) < 4.78 is 0. The van der Waals surface area contributed by atoms with Crippen LogP contribution < -0.4 is 5.73 Å². The van der Waals surface area contributed by atoms with Crippen molar-refractivity contribution in [2.75, 3.05) is 18.8 Å². The smallest absolute Gasteiger partial charge is 0.257 e. The van der Waals surface area contributed by atoms with Gasteiger partial charge < -0.3 is 10.6 Å². The molecule has 2 atom stereocenters. The molecule has 2 bridgehead atoms. The Morgan fingerprint density at radius 1 is 1.16 bits per heavy atom. The predicted octanol–water partition coefficient (Wildman–Crippen LogP) is 3.32. The lowest BCUT2D eigenvalue weighted by Crippen LogP contribution is -2.36. The van der Waals surface area contributed by atoms with Gasteiger partial charge in [0.1, 0.15) is 0 Å². The van der Waals surface area contributed by atoms with E-state index in [1.54, 1.807) is 11.3 Å². The number of carbonyl (C=O) groups excluding carboxylic acids is 1. The molecule has 4 rings (SSSR count). The highest BCUT2D eigenvalue weighted by Gasteiger charge is 2.43. The first-order valence-corrected chi connectivity index (χ1v) is 8.28. The van der Waals surface area contributed by atoms with Crippen LogP contribution in [0.5, 0.6) is 0 Å². The SMILES string of the molecule is Nc1sc2c(c1C(=O)N1CCCCC1)C1CCC2C1. The summed E-state index contributed by atoms with van der Waals surface area (Å²) in [6.07, 6.45) is 7.37. The monoisotopic (exact) mass is 276 g/mol. The number of amides is 1. The van der Waals surface area contributed by atoms with Gasteiger partial charge in [0.05, 0.1) is 10.6 Å². The van der Waals surface area contributed by atoms with Crippen molar-refractivity contribution in [1.82, 2.24) is 4.90 Å². The topological polar surface area (TPSA) is 46.3 Å². The number of likely N-dealkylation sites (tertiary alicyclic amines) is 1. The zero-order chi connectivity index (χ0) is 13.0. The molecule has 0 spiro atoms. The first-order valence-electron chi connectivity index (χ1n) is 7.47. The molecule has 19 heavy (non-hydrogen) atoms. The molecule has 4 heteroatoms. The van der Waals surface area contributed by atoms with E-state index in [2.05, 4.69) is 0 Å². The van der Waals surface area contributed by atoms with Gasteiger partial charge in [0.15, 0.2) is 0 Å². The number of piperidine rings is 1. The molecule has 2 aliphatic carbocycles. The second kappa shape index (κ2) is 4.23. The zero-order valence-electron chi connectivity index (χ0n) is 11.2. The Labute approximate surface area is 117 Å². The average molecular weight is 276 g/mol. The third-order valence-corrected chi connectivity index (χ3v) is 6.27. The van der Waals surface area contributed by atoms with E-state index in [-0.39, 0.29) is 5.91 Å². The highest BCUT2D eigenvalue weighted by molar-refractivity contribution is 7.16. The number of fused-ring (bicyclic) bond motifs is 5. The molecule has 1 saturated heterocycles. The molecular formula is C15H20N2OS. The lowest BCUT2D eigenvalue weighted by Gasteiger charge is -2.27. The van der Waals surface area contributed by atoms with Crippen LogP contribution in [0.25, 0.3) is 0 Å². The molecule has 1 aromatic rings. The van der Waals surface area contributed by atoms with Crippen LogP contribution in [-0.2, 0) is 0 Å². The quantitative estimate of drug-likeness (QED) is 0.855. The van der Waals surface area contributed by atoms with Crippen molar-refractivity contribution in [2.45, 2.75) is 50.4 Å². The summed E-state index contributed by atoms with van der Waals surface area (Å²) in [4.78, 5) is 16.2. The third-order valence-electron chi connectivity index (χ3n) is 5.07. The molecule has 3 nitrogen and oxygen atoms in total. The first kappa shape index (κ1) is 11.8. The average Bonchev–Trinajstić information content (AvgIpc) is 3.10. The van der Waals surface area contributed by atoms with Gasteiger partial charge >= 0.3 is 0 Å². The molecule has 1 amide bonds. The van der Waals surface area contributed by atoms with Gasteiger partial charge in [-0.3, -0.25) is 4.79 Å². The van der Waals surface area contributed by atoms with Crippen molar-refractivity contribution < 1.29 is 4.79 Å². The summed E-state index contributed by atoms with van der Waals surface area (Å²) >= 11 is 1.69. The summed E-state index contributed by atoms with van der Waals surface area (Å²) in [7, 11) is 0. The third kappa shape index (κ3) is 1.65. The molecule has 1 aromatic heterocycles. The zero-order valence-corrected chi connectivity index (χ0v) is 12.0. The molecule has 0 aromatic carbocycles. The molecule has 2 heterocycles. The molecule has 1 aliphatic heterocycles. The molecule has 2 fully saturated rings. The van der Waals surface area contributed by atoms with Crippen molar-refractivity contribution in [2.24, 2.45) is 0 Å². The number of nitrogens with two attached hydrogens (primary N) is 1. The normalized spacial score (nSPS) is 28.7. The minimum absolute atomic E-state index is 0.210. The minimum atomic E-state index is 0.210. The lowest BCUT2D eigenvalue weighted by atomic mass is 9.94. The van der Waals surface area contributed by atoms with E-state index in [4.69, 9.17) is 5.73 Å². The first-order chi connectivity index (χ1) is 9.25. The number of rotatable bonds is 1. The van der Waals surface area contributed by atoms with Crippen molar-refractivity contribution in [1.29, 1.82) is 0 Å². The van der Waals surface area contributed by atoms with Gasteiger partial charge in [-0.1, -0.05) is 0 Å². The van der Waals surface area contributed by atoms with Crippen LogP contribution in [0.4, 0.5) is 5.00 Å². The number of hydrogen-bond acceptors (Lipinski definition) is 3. The van der Waals surface area contributed by atoms with Crippen LogP contribution in [0.15, 0.2) is 0 Å². The van der Waals surface area contributed by atoms with E-state index in [9.17, 15) is 4.79 Å². The second-order valence-electron chi connectivity index (χ2n) is 6.18. The number of carbonyl (C=O) groups is 1. The van der Waals surface area contributed by atoms with E-state index in [0.717, 1.165) is 36.5 Å². The molecule has 2 N–H and O–H groups in total. The Balaban J connectivity index is 1.72.